The zero-order valence-corrected chi connectivity index (χ0v) is 11.6. The first-order valence-corrected chi connectivity index (χ1v) is 6.80. The average molecular weight is 263 g/mol. The van der Waals surface area contributed by atoms with Gasteiger partial charge in [-0.1, -0.05) is 24.3 Å². The first-order valence-electron chi connectivity index (χ1n) is 6.80. The van der Waals surface area contributed by atoms with Crippen LogP contribution in [-0.2, 0) is 26.2 Å². The molecule has 2 heterocycles. The lowest BCUT2D eigenvalue weighted by Crippen LogP contribution is -2.13. The van der Waals surface area contributed by atoms with Gasteiger partial charge in [-0.15, -0.1) is 10.2 Å². The molecule has 7 heteroatoms. The molecule has 0 aliphatic heterocycles. The smallest absolute Gasteiger partial charge is 0.0964 e. The Morgan fingerprint density at radius 1 is 0.895 bits per heavy atom. The van der Waals surface area contributed by atoms with E-state index < -0.39 is 0 Å². The summed E-state index contributed by atoms with van der Waals surface area (Å²) >= 11 is 0. The fourth-order valence-electron chi connectivity index (χ4n) is 1.83. The van der Waals surface area contributed by atoms with E-state index in [-0.39, 0.29) is 0 Å². The molecule has 0 aliphatic carbocycles. The molecular formula is C12H21N7. The largest absolute Gasteiger partial charge is 0.305 e. The van der Waals surface area contributed by atoms with E-state index in [1.165, 1.54) is 0 Å². The molecule has 0 bridgehead atoms. The van der Waals surface area contributed by atoms with E-state index in [1.807, 2.05) is 21.8 Å². The molecule has 0 aromatic carbocycles. The van der Waals surface area contributed by atoms with Gasteiger partial charge in [-0.3, -0.25) is 9.36 Å². The molecule has 104 valence electrons. The van der Waals surface area contributed by atoms with E-state index >= 15 is 0 Å². The molecule has 0 aliphatic rings. The van der Waals surface area contributed by atoms with Gasteiger partial charge in [0.1, 0.15) is 0 Å². The summed E-state index contributed by atoms with van der Waals surface area (Å²) in [6, 6.07) is 0. The Balaban J connectivity index is 1.75. The Hall–Kier alpha value is -1.76. The predicted octanol–water partition coefficient (Wildman–Crippen LogP) is 0.979. The van der Waals surface area contributed by atoms with Crippen LogP contribution in [0.2, 0.25) is 0 Å². The molecule has 1 N–H and O–H groups in total. The third-order valence-electron chi connectivity index (χ3n) is 2.69. The minimum absolute atomic E-state index is 0.699. The minimum Gasteiger partial charge on any atom is -0.305 e. The first-order chi connectivity index (χ1) is 9.31. The fraction of sp³-hybridized carbons (Fsp3) is 0.667. The summed E-state index contributed by atoms with van der Waals surface area (Å²) in [4.78, 5) is 0. The van der Waals surface area contributed by atoms with Crippen LogP contribution in [0.4, 0.5) is 0 Å². The number of hydrogen-bond acceptors (Lipinski definition) is 5. The third-order valence-corrected chi connectivity index (χ3v) is 2.69. The number of nitrogens with one attached hydrogen (secondary N) is 1. The number of aromatic nitrogens is 6. The van der Waals surface area contributed by atoms with Crippen LogP contribution in [-0.4, -0.2) is 30.0 Å². The van der Waals surface area contributed by atoms with Gasteiger partial charge in [0, 0.05) is 38.6 Å². The highest BCUT2D eigenvalue weighted by Crippen LogP contribution is 1.97. The van der Waals surface area contributed by atoms with Crippen molar-refractivity contribution >= 4 is 0 Å². The van der Waals surface area contributed by atoms with Gasteiger partial charge >= 0.3 is 0 Å². The molecule has 2 rings (SSSR count). The highest BCUT2D eigenvalue weighted by atomic mass is 15.4. The summed E-state index contributed by atoms with van der Waals surface area (Å²) < 4.78 is 3.74. The lowest BCUT2D eigenvalue weighted by Gasteiger charge is -1.98. The summed E-state index contributed by atoms with van der Waals surface area (Å²) in [6.07, 6.45) is 6.09. The molecule has 0 saturated heterocycles. The van der Waals surface area contributed by atoms with Crippen molar-refractivity contribution in [3.8, 4) is 0 Å². The van der Waals surface area contributed by atoms with Crippen LogP contribution in [0, 0.1) is 0 Å². The summed E-state index contributed by atoms with van der Waals surface area (Å²) in [5.74, 6) is 0. The maximum Gasteiger partial charge on any atom is 0.0964 e. The van der Waals surface area contributed by atoms with Gasteiger partial charge in [0.25, 0.3) is 0 Å². The van der Waals surface area contributed by atoms with E-state index in [2.05, 4.69) is 39.8 Å². The first kappa shape index (κ1) is 13.7. The van der Waals surface area contributed by atoms with E-state index in [0.29, 0.717) is 13.1 Å². The van der Waals surface area contributed by atoms with Gasteiger partial charge in [-0.2, -0.15) is 0 Å². The lowest BCUT2D eigenvalue weighted by atomic mass is 10.4. The van der Waals surface area contributed by atoms with Crippen LogP contribution >= 0.6 is 0 Å². The quantitative estimate of drug-likeness (QED) is 0.768. The molecular weight excluding hydrogens is 242 g/mol. The Labute approximate surface area is 113 Å². The van der Waals surface area contributed by atoms with Gasteiger partial charge in [0.05, 0.1) is 11.4 Å². The zero-order chi connectivity index (χ0) is 13.5. The van der Waals surface area contributed by atoms with Crippen LogP contribution in [0.15, 0.2) is 12.4 Å². The Kier molecular flexibility index (Phi) is 5.02. The molecule has 0 unspecified atom stereocenters. The van der Waals surface area contributed by atoms with Crippen LogP contribution in [0.5, 0.6) is 0 Å². The second-order valence-corrected chi connectivity index (χ2v) is 4.55. The highest BCUT2D eigenvalue weighted by molar-refractivity contribution is 4.95. The van der Waals surface area contributed by atoms with Crippen molar-refractivity contribution in [3.05, 3.63) is 23.8 Å². The van der Waals surface area contributed by atoms with Crippen molar-refractivity contribution in [2.45, 2.75) is 52.9 Å². The topological polar surface area (TPSA) is 73.5 Å². The van der Waals surface area contributed by atoms with Crippen molar-refractivity contribution < 1.29 is 0 Å². The highest BCUT2D eigenvalue weighted by Gasteiger charge is 2.02. The standard InChI is InChI=1S/C12H21N7/c1-3-5-18-9-11(14-16-18)7-13-8-12-10-19(6-4-2)17-15-12/h9-10,13H,3-8H2,1-2H3. The van der Waals surface area contributed by atoms with Crippen molar-refractivity contribution in [2.75, 3.05) is 0 Å². The van der Waals surface area contributed by atoms with Crippen molar-refractivity contribution in [1.29, 1.82) is 0 Å². The second-order valence-electron chi connectivity index (χ2n) is 4.55. The number of nitrogens with zero attached hydrogens (tertiary/aromatic N) is 6. The predicted molar refractivity (Wildman–Crippen MR) is 71.2 cm³/mol. The summed E-state index contributed by atoms with van der Waals surface area (Å²) in [6.45, 7) is 7.48. The molecule has 0 fully saturated rings. The van der Waals surface area contributed by atoms with Crippen molar-refractivity contribution in [3.63, 3.8) is 0 Å². The number of hydrogen-bond donors (Lipinski definition) is 1. The monoisotopic (exact) mass is 263 g/mol. The molecule has 0 amide bonds. The van der Waals surface area contributed by atoms with Gasteiger partial charge in [-0.25, -0.2) is 0 Å². The van der Waals surface area contributed by atoms with E-state index in [1.54, 1.807) is 0 Å². The van der Waals surface area contributed by atoms with Crippen LogP contribution in [0.1, 0.15) is 38.1 Å². The Morgan fingerprint density at radius 2 is 1.37 bits per heavy atom. The van der Waals surface area contributed by atoms with E-state index in [9.17, 15) is 0 Å². The molecule has 0 spiro atoms. The van der Waals surface area contributed by atoms with Crippen LogP contribution in [0.3, 0.4) is 0 Å². The van der Waals surface area contributed by atoms with Gasteiger partial charge in [-0.05, 0) is 12.8 Å². The molecule has 7 nitrogen and oxygen atoms in total. The van der Waals surface area contributed by atoms with Gasteiger partial charge < -0.3 is 5.32 Å². The van der Waals surface area contributed by atoms with Crippen molar-refractivity contribution in [2.24, 2.45) is 0 Å². The summed E-state index contributed by atoms with van der Waals surface area (Å²) in [7, 11) is 0. The fourth-order valence-corrected chi connectivity index (χ4v) is 1.83. The molecule has 2 aromatic rings. The van der Waals surface area contributed by atoms with Crippen LogP contribution in [0.25, 0.3) is 0 Å². The molecule has 0 atom stereocenters. The van der Waals surface area contributed by atoms with Gasteiger partial charge in [0.2, 0.25) is 0 Å². The average Bonchev–Trinajstić information content (AvgIpc) is 3.01. The van der Waals surface area contributed by atoms with Crippen LogP contribution < -0.4 is 5.32 Å². The van der Waals surface area contributed by atoms with Gasteiger partial charge in [0.15, 0.2) is 0 Å². The summed E-state index contributed by atoms with van der Waals surface area (Å²) in [5.41, 5.74) is 1.91. The van der Waals surface area contributed by atoms with E-state index in [0.717, 1.165) is 37.3 Å². The minimum atomic E-state index is 0.699. The summed E-state index contributed by atoms with van der Waals surface area (Å²) in [5, 5.41) is 19.6. The maximum atomic E-state index is 4.11. The SMILES string of the molecule is CCCn1cc(CNCc2cn(CCC)nn2)nn1. The molecule has 19 heavy (non-hydrogen) atoms. The molecule has 0 saturated carbocycles. The normalized spacial score (nSPS) is 11.1. The van der Waals surface area contributed by atoms with E-state index in [4.69, 9.17) is 0 Å². The molecule has 2 aromatic heterocycles. The Morgan fingerprint density at radius 3 is 1.79 bits per heavy atom. The number of rotatable bonds is 8. The lowest BCUT2D eigenvalue weighted by molar-refractivity contribution is 0.578. The molecule has 0 radical (unpaired) electrons. The maximum absolute atomic E-state index is 4.11. The zero-order valence-electron chi connectivity index (χ0n) is 11.6. The number of aryl methyl sites for hydroxylation is 2. The Bertz CT molecular complexity index is 443. The third kappa shape index (κ3) is 4.13. The van der Waals surface area contributed by atoms with Crippen molar-refractivity contribution in [1.82, 2.24) is 35.3 Å². The second kappa shape index (κ2) is 6.98.